The van der Waals surface area contributed by atoms with E-state index >= 15 is 0 Å². The summed E-state index contributed by atoms with van der Waals surface area (Å²) in [5, 5.41) is 3.43. The van der Waals surface area contributed by atoms with Gasteiger partial charge in [0.05, 0.1) is 11.9 Å². The zero-order valence-corrected chi connectivity index (χ0v) is 11.5. The van der Waals surface area contributed by atoms with Crippen molar-refractivity contribution in [3.63, 3.8) is 0 Å². The van der Waals surface area contributed by atoms with E-state index in [0.717, 1.165) is 17.8 Å². The van der Waals surface area contributed by atoms with Crippen LogP contribution < -0.4 is 11.1 Å². The smallest absolute Gasteiger partial charge is 0.106 e. The molecule has 5 heteroatoms. The first-order chi connectivity index (χ1) is 8.11. The van der Waals surface area contributed by atoms with Crippen molar-refractivity contribution in [2.24, 2.45) is 5.73 Å². The fourth-order valence-corrected chi connectivity index (χ4v) is 3.43. The van der Waals surface area contributed by atoms with Crippen LogP contribution >= 0.6 is 24.0 Å². The maximum absolute atomic E-state index is 5.69. The van der Waals surface area contributed by atoms with Crippen LogP contribution in [0.1, 0.15) is 25.3 Å². The standard InChI is InChI=1S/C12H17N3S2/c1-12(4-2-6-17-12)8-15-10-7-14-5-3-9(10)11(13)16/h3,5,7,15H,2,4,6,8H2,1H3,(H2,13,16). The number of aromatic nitrogens is 1. The summed E-state index contributed by atoms with van der Waals surface area (Å²) in [4.78, 5) is 4.53. The largest absolute Gasteiger partial charge is 0.389 e. The SMILES string of the molecule is CC1(CNc2cnccc2C(N)=S)CCCS1. The van der Waals surface area contributed by atoms with Gasteiger partial charge in [0.25, 0.3) is 0 Å². The molecule has 3 nitrogen and oxygen atoms in total. The van der Waals surface area contributed by atoms with Gasteiger partial charge in [-0.1, -0.05) is 12.2 Å². The van der Waals surface area contributed by atoms with Gasteiger partial charge in [0, 0.05) is 23.1 Å². The molecule has 1 fully saturated rings. The summed E-state index contributed by atoms with van der Waals surface area (Å²) < 4.78 is 0.323. The molecule has 92 valence electrons. The van der Waals surface area contributed by atoms with Crippen molar-refractivity contribution in [2.45, 2.75) is 24.5 Å². The second-order valence-electron chi connectivity index (χ2n) is 4.54. The number of nitrogens with one attached hydrogen (secondary N) is 1. The van der Waals surface area contributed by atoms with E-state index in [2.05, 4.69) is 17.2 Å². The Morgan fingerprint density at radius 3 is 3.18 bits per heavy atom. The van der Waals surface area contributed by atoms with Gasteiger partial charge in [0.15, 0.2) is 0 Å². The highest BCUT2D eigenvalue weighted by atomic mass is 32.2. The molecular weight excluding hydrogens is 250 g/mol. The van der Waals surface area contributed by atoms with Gasteiger partial charge in [-0.15, -0.1) is 0 Å². The summed E-state index contributed by atoms with van der Waals surface area (Å²) in [6.45, 7) is 3.23. The van der Waals surface area contributed by atoms with Crippen LogP contribution in [0.25, 0.3) is 0 Å². The Balaban J connectivity index is 2.06. The van der Waals surface area contributed by atoms with E-state index in [4.69, 9.17) is 18.0 Å². The van der Waals surface area contributed by atoms with E-state index in [0.29, 0.717) is 9.74 Å². The van der Waals surface area contributed by atoms with Gasteiger partial charge in [0.2, 0.25) is 0 Å². The fraction of sp³-hybridized carbons (Fsp3) is 0.500. The summed E-state index contributed by atoms with van der Waals surface area (Å²) in [7, 11) is 0. The maximum Gasteiger partial charge on any atom is 0.106 e. The maximum atomic E-state index is 5.69. The van der Waals surface area contributed by atoms with Crippen molar-refractivity contribution in [1.82, 2.24) is 4.98 Å². The second kappa shape index (κ2) is 5.23. The molecule has 0 aromatic carbocycles. The summed E-state index contributed by atoms with van der Waals surface area (Å²) in [5.74, 6) is 1.26. The summed E-state index contributed by atoms with van der Waals surface area (Å²) in [6, 6.07) is 1.86. The van der Waals surface area contributed by atoms with Crippen molar-refractivity contribution in [3.05, 3.63) is 24.0 Å². The van der Waals surface area contributed by atoms with Crippen LogP contribution in [-0.4, -0.2) is 27.0 Å². The van der Waals surface area contributed by atoms with Crippen LogP contribution in [0.2, 0.25) is 0 Å². The molecule has 1 aromatic rings. The molecule has 0 spiro atoms. The first kappa shape index (κ1) is 12.6. The first-order valence-corrected chi connectivity index (χ1v) is 7.12. The fourth-order valence-electron chi connectivity index (χ4n) is 2.01. The highest BCUT2D eigenvalue weighted by molar-refractivity contribution is 8.00. The number of nitrogens with two attached hydrogens (primary N) is 1. The Bertz CT molecular complexity index is 414. The number of hydrogen-bond acceptors (Lipinski definition) is 4. The number of hydrogen-bond donors (Lipinski definition) is 2. The lowest BCUT2D eigenvalue weighted by atomic mass is 10.1. The van der Waals surface area contributed by atoms with E-state index in [1.165, 1.54) is 18.6 Å². The van der Waals surface area contributed by atoms with Gasteiger partial charge in [-0.3, -0.25) is 4.98 Å². The Morgan fingerprint density at radius 1 is 1.71 bits per heavy atom. The lowest BCUT2D eigenvalue weighted by Crippen LogP contribution is -2.28. The van der Waals surface area contributed by atoms with Gasteiger partial charge >= 0.3 is 0 Å². The minimum atomic E-state index is 0.323. The molecule has 1 atom stereocenters. The van der Waals surface area contributed by atoms with Crippen molar-refractivity contribution < 1.29 is 0 Å². The zero-order chi connectivity index (χ0) is 12.3. The number of nitrogens with zero attached hydrogens (tertiary/aromatic N) is 1. The van der Waals surface area contributed by atoms with Gasteiger partial charge < -0.3 is 11.1 Å². The number of pyridine rings is 1. The van der Waals surface area contributed by atoms with Crippen molar-refractivity contribution >= 4 is 34.7 Å². The Kier molecular flexibility index (Phi) is 3.89. The Hall–Kier alpha value is -0.810. The van der Waals surface area contributed by atoms with Gasteiger partial charge in [-0.05, 0) is 31.6 Å². The highest BCUT2D eigenvalue weighted by Crippen LogP contribution is 2.37. The predicted molar refractivity (Wildman–Crippen MR) is 78.7 cm³/mol. The van der Waals surface area contributed by atoms with Crippen LogP contribution in [0.15, 0.2) is 18.5 Å². The van der Waals surface area contributed by atoms with Gasteiger partial charge in [0.1, 0.15) is 4.99 Å². The van der Waals surface area contributed by atoms with Crippen molar-refractivity contribution in [2.75, 3.05) is 17.6 Å². The highest BCUT2D eigenvalue weighted by Gasteiger charge is 2.29. The molecule has 2 rings (SSSR count). The van der Waals surface area contributed by atoms with E-state index in [-0.39, 0.29) is 0 Å². The van der Waals surface area contributed by atoms with E-state index in [9.17, 15) is 0 Å². The molecule has 0 aliphatic carbocycles. The second-order valence-corrected chi connectivity index (χ2v) is 6.66. The molecule has 2 heterocycles. The van der Waals surface area contributed by atoms with Crippen LogP contribution in [0.3, 0.4) is 0 Å². The average Bonchev–Trinajstić information content (AvgIpc) is 2.74. The summed E-state index contributed by atoms with van der Waals surface area (Å²) in [6.07, 6.45) is 6.06. The molecule has 3 N–H and O–H groups in total. The molecule has 1 aliphatic heterocycles. The van der Waals surface area contributed by atoms with Crippen LogP contribution in [-0.2, 0) is 0 Å². The minimum absolute atomic E-state index is 0.323. The quantitative estimate of drug-likeness (QED) is 0.821. The molecule has 0 amide bonds. The molecule has 1 saturated heterocycles. The molecule has 1 aromatic heterocycles. The third-order valence-electron chi connectivity index (χ3n) is 3.04. The molecule has 0 radical (unpaired) electrons. The molecule has 1 aliphatic rings. The predicted octanol–water partition coefficient (Wildman–Crippen LogP) is 2.41. The van der Waals surface area contributed by atoms with Crippen LogP contribution in [0, 0.1) is 0 Å². The molecular formula is C12H17N3S2. The summed E-state index contributed by atoms with van der Waals surface area (Å²) in [5.41, 5.74) is 7.50. The van der Waals surface area contributed by atoms with E-state index in [1.54, 1.807) is 12.4 Å². The van der Waals surface area contributed by atoms with Crippen LogP contribution in [0.5, 0.6) is 0 Å². The normalized spacial score (nSPS) is 23.6. The van der Waals surface area contributed by atoms with E-state index in [1.807, 2.05) is 17.8 Å². The Labute approximate surface area is 112 Å². The number of anilines is 1. The third-order valence-corrected chi connectivity index (χ3v) is 4.80. The monoisotopic (exact) mass is 267 g/mol. The summed E-state index contributed by atoms with van der Waals surface area (Å²) >= 11 is 7.06. The molecule has 0 saturated carbocycles. The van der Waals surface area contributed by atoms with Crippen molar-refractivity contribution in [3.8, 4) is 0 Å². The van der Waals surface area contributed by atoms with E-state index < -0.39 is 0 Å². The number of rotatable bonds is 4. The molecule has 1 unspecified atom stereocenters. The number of thiocarbonyl (C=S) groups is 1. The lowest BCUT2D eigenvalue weighted by Gasteiger charge is -2.24. The topological polar surface area (TPSA) is 50.9 Å². The molecule has 0 bridgehead atoms. The first-order valence-electron chi connectivity index (χ1n) is 5.72. The van der Waals surface area contributed by atoms with Gasteiger partial charge in [-0.2, -0.15) is 11.8 Å². The minimum Gasteiger partial charge on any atom is -0.389 e. The average molecular weight is 267 g/mol. The number of thioether (sulfide) groups is 1. The third kappa shape index (κ3) is 3.10. The van der Waals surface area contributed by atoms with Gasteiger partial charge in [-0.25, -0.2) is 0 Å². The lowest BCUT2D eigenvalue weighted by molar-refractivity contribution is 0.634. The van der Waals surface area contributed by atoms with Crippen LogP contribution in [0.4, 0.5) is 5.69 Å². The zero-order valence-electron chi connectivity index (χ0n) is 9.90. The van der Waals surface area contributed by atoms with Crippen molar-refractivity contribution in [1.29, 1.82) is 0 Å². The Morgan fingerprint density at radius 2 is 2.53 bits per heavy atom. The molecule has 17 heavy (non-hydrogen) atoms.